The fraction of sp³-hybridized carbons (Fsp3) is 0.400. The standard InChI is InChI=1S/C15H19NO4/c1-4-19-14(17)13(15(18)20-5-2)10-16-12-8-6-11(3)7-9-12/h6-10,13H,4-5H2,1-3H3. The number of benzene rings is 1. The Morgan fingerprint density at radius 2 is 1.60 bits per heavy atom. The van der Waals surface area contributed by atoms with Crippen LogP contribution in [-0.2, 0) is 19.1 Å². The fourth-order valence-corrected chi connectivity index (χ4v) is 1.47. The van der Waals surface area contributed by atoms with Gasteiger partial charge in [0.15, 0.2) is 5.92 Å². The number of aryl methyl sites for hydroxylation is 1. The Kier molecular flexibility index (Phi) is 6.43. The molecule has 0 amide bonds. The zero-order chi connectivity index (χ0) is 15.0. The van der Waals surface area contributed by atoms with Gasteiger partial charge in [-0.1, -0.05) is 17.7 Å². The third-order valence-electron chi connectivity index (χ3n) is 2.49. The number of rotatable bonds is 6. The zero-order valence-electron chi connectivity index (χ0n) is 12.0. The Hall–Kier alpha value is -2.17. The molecule has 1 aromatic carbocycles. The van der Waals surface area contributed by atoms with E-state index in [4.69, 9.17) is 9.47 Å². The molecule has 0 saturated heterocycles. The number of aliphatic imine (C=N–C) groups is 1. The molecule has 0 saturated carbocycles. The summed E-state index contributed by atoms with van der Waals surface area (Å²) in [5.74, 6) is -2.43. The predicted octanol–water partition coefficient (Wildman–Crippen LogP) is 2.44. The monoisotopic (exact) mass is 277 g/mol. The van der Waals surface area contributed by atoms with Crippen LogP contribution in [0.15, 0.2) is 29.3 Å². The lowest BCUT2D eigenvalue weighted by molar-refractivity contribution is -0.157. The van der Waals surface area contributed by atoms with Gasteiger partial charge in [-0.05, 0) is 32.9 Å². The number of hydrogen-bond acceptors (Lipinski definition) is 5. The van der Waals surface area contributed by atoms with Crippen LogP contribution in [0.25, 0.3) is 0 Å². The molecule has 0 unspecified atom stereocenters. The fourth-order valence-electron chi connectivity index (χ4n) is 1.47. The number of hydrogen-bond donors (Lipinski definition) is 0. The van der Waals surface area contributed by atoms with Crippen molar-refractivity contribution in [2.45, 2.75) is 20.8 Å². The molecule has 0 aliphatic carbocycles. The molecule has 0 N–H and O–H groups in total. The first-order chi connectivity index (χ1) is 9.58. The second-order valence-corrected chi connectivity index (χ2v) is 4.10. The van der Waals surface area contributed by atoms with Gasteiger partial charge in [0.2, 0.25) is 0 Å². The average Bonchev–Trinajstić information content (AvgIpc) is 2.42. The van der Waals surface area contributed by atoms with Crippen molar-refractivity contribution in [2.75, 3.05) is 13.2 Å². The van der Waals surface area contributed by atoms with Gasteiger partial charge in [-0.3, -0.25) is 14.6 Å². The maximum atomic E-state index is 11.7. The SMILES string of the molecule is CCOC(=O)C(C=Nc1ccc(C)cc1)C(=O)OCC. The number of esters is 2. The Balaban J connectivity index is 2.85. The number of ether oxygens (including phenoxy) is 2. The van der Waals surface area contributed by atoms with Crippen LogP contribution in [0.2, 0.25) is 0 Å². The summed E-state index contributed by atoms with van der Waals surface area (Å²) < 4.78 is 9.70. The topological polar surface area (TPSA) is 65.0 Å². The number of carbonyl (C=O) groups is 2. The van der Waals surface area contributed by atoms with Crippen LogP contribution >= 0.6 is 0 Å². The van der Waals surface area contributed by atoms with Gasteiger partial charge in [0, 0.05) is 6.21 Å². The summed E-state index contributed by atoms with van der Waals surface area (Å²) in [4.78, 5) is 27.6. The van der Waals surface area contributed by atoms with Crippen molar-refractivity contribution in [3.8, 4) is 0 Å². The minimum atomic E-state index is -1.13. The van der Waals surface area contributed by atoms with Crippen molar-refractivity contribution < 1.29 is 19.1 Å². The van der Waals surface area contributed by atoms with Crippen LogP contribution in [0.3, 0.4) is 0 Å². The van der Waals surface area contributed by atoms with Crippen LogP contribution in [0.1, 0.15) is 19.4 Å². The van der Waals surface area contributed by atoms with Crippen molar-refractivity contribution in [3.63, 3.8) is 0 Å². The number of carbonyl (C=O) groups excluding carboxylic acids is 2. The van der Waals surface area contributed by atoms with E-state index in [1.165, 1.54) is 6.21 Å². The molecule has 0 spiro atoms. The molecular formula is C15H19NO4. The summed E-state index contributed by atoms with van der Waals surface area (Å²) in [5, 5.41) is 0. The first kappa shape index (κ1) is 15.9. The maximum Gasteiger partial charge on any atom is 0.325 e. The molecular weight excluding hydrogens is 258 g/mol. The van der Waals surface area contributed by atoms with E-state index in [0.29, 0.717) is 5.69 Å². The van der Waals surface area contributed by atoms with Crippen LogP contribution in [0.4, 0.5) is 5.69 Å². The van der Waals surface area contributed by atoms with E-state index >= 15 is 0 Å². The van der Waals surface area contributed by atoms with Crippen molar-refractivity contribution in [3.05, 3.63) is 29.8 Å². The van der Waals surface area contributed by atoms with Crippen LogP contribution < -0.4 is 0 Å². The van der Waals surface area contributed by atoms with Gasteiger partial charge in [-0.2, -0.15) is 0 Å². The molecule has 0 radical (unpaired) electrons. The van der Waals surface area contributed by atoms with E-state index < -0.39 is 17.9 Å². The van der Waals surface area contributed by atoms with Gasteiger partial charge >= 0.3 is 11.9 Å². The average molecular weight is 277 g/mol. The summed E-state index contributed by atoms with van der Waals surface area (Å²) in [6, 6.07) is 7.41. The lowest BCUT2D eigenvalue weighted by Gasteiger charge is -2.09. The number of nitrogens with zero attached hydrogens (tertiary/aromatic N) is 1. The molecule has 1 aromatic rings. The molecule has 0 heterocycles. The van der Waals surface area contributed by atoms with E-state index in [-0.39, 0.29) is 13.2 Å². The quantitative estimate of drug-likeness (QED) is 0.455. The smallest absolute Gasteiger partial charge is 0.325 e. The van der Waals surface area contributed by atoms with E-state index in [2.05, 4.69) is 4.99 Å². The highest BCUT2D eigenvalue weighted by Crippen LogP contribution is 2.13. The van der Waals surface area contributed by atoms with E-state index in [1.807, 2.05) is 19.1 Å². The Labute approximate surface area is 118 Å². The molecule has 0 aliphatic rings. The van der Waals surface area contributed by atoms with E-state index in [9.17, 15) is 9.59 Å². The summed E-state index contributed by atoms with van der Waals surface area (Å²) in [6.07, 6.45) is 1.26. The minimum absolute atomic E-state index is 0.201. The maximum absolute atomic E-state index is 11.7. The summed E-state index contributed by atoms with van der Waals surface area (Å²) >= 11 is 0. The van der Waals surface area contributed by atoms with Crippen molar-refractivity contribution >= 4 is 23.8 Å². The second kappa shape index (κ2) is 8.09. The van der Waals surface area contributed by atoms with E-state index in [0.717, 1.165) is 5.56 Å². The van der Waals surface area contributed by atoms with Gasteiger partial charge < -0.3 is 9.47 Å². The molecule has 0 atom stereocenters. The highest BCUT2D eigenvalue weighted by atomic mass is 16.6. The molecule has 5 heteroatoms. The first-order valence-corrected chi connectivity index (χ1v) is 6.52. The van der Waals surface area contributed by atoms with Gasteiger partial charge in [-0.25, -0.2) is 0 Å². The van der Waals surface area contributed by atoms with Gasteiger partial charge in [0.1, 0.15) is 0 Å². The lowest BCUT2D eigenvalue weighted by atomic mass is 10.1. The normalized spacial score (nSPS) is 10.8. The van der Waals surface area contributed by atoms with Gasteiger partial charge in [0.25, 0.3) is 0 Å². The first-order valence-electron chi connectivity index (χ1n) is 6.52. The molecule has 0 bridgehead atoms. The molecule has 0 fully saturated rings. The van der Waals surface area contributed by atoms with Crippen LogP contribution in [0.5, 0.6) is 0 Å². The van der Waals surface area contributed by atoms with Crippen molar-refractivity contribution in [2.24, 2.45) is 10.9 Å². The molecule has 0 aromatic heterocycles. The lowest BCUT2D eigenvalue weighted by Crippen LogP contribution is -2.29. The summed E-state index contributed by atoms with van der Waals surface area (Å²) in [6.45, 7) is 5.72. The molecule has 108 valence electrons. The van der Waals surface area contributed by atoms with Crippen LogP contribution in [-0.4, -0.2) is 31.4 Å². The van der Waals surface area contributed by atoms with Gasteiger partial charge in [0.05, 0.1) is 18.9 Å². The zero-order valence-corrected chi connectivity index (χ0v) is 12.0. The summed E-state index contributed by atoms with van der Waals surface area (Å²) in [5.41, 5.74) is 1.77. The predicted molar refractivity (Wildman–Crippen MR) is 76.1 cm³/mol. The van der Waals surface area contributed by atoms with Crippen molar-refractivity contribution in [1.29, 1.82) is 0 Å². The molecule has 0 aliphatic heterocycles. The third-order valence-corrected chi connectivity index (χ3v) is 2.49. The Morgan fingerprint density at radius 1 is 1.10 bits per heavy atom. The largest absolute Gasteiger partial charge is 0.465 e. The second-order valence-electron chi connectivity index (χ2n) is 4.10. The Bertz CT molecular complexity index is 461. The highest BCUT2D eigenvalue weighted by Gasteiger charge is 2.27. The molecule has 1 rings (SSSR count). The van der Waals surface area contributed by atoms with Crippen molar-refractivity contribution in [1.82, 2.24) is 0 Å². The Morgan fingerprint density at radius 3 is 2.05 bits per heavy atom. The van der Waals surface area contributed by atoms with Gasteiger partial charge in [-0.15, -0.1) is 0 Å². The highest BCUT2D eigenvalue weighted by molar-refractivity contribution is 6.09. The molecule has 20 heavy (non-hydrogen) atoms. The summed E-state index contributed by atoms with van der Waals surface area (Å²) in [7, 11) is 0. The van der Waals surface area contributed by atoms with E-state index in [1.54, 1.807) is 26.0 Å². The minimum Gasteiger partial charge on any atom is -0.465 e. The molecule has 5 nitrogen and oxygen atoms in total. The van der Waals surface area contributed by atoms with Crippen LogP contribution in [0, 0.1) is 12.8 Å². The third kappa shape index (κ3) is 4.84.